The van der Waals surface area contributed by atoms with Gasteiger partial charge in [-0.15, -0.1) is 5.10 Å². The highest BCUT2D eigenvalue weighted by atomic mass is 127. The van der Waals surface area contributed by atoms with Gasteiger partial charge in [-0.05, 0) is 40.8 Å². The standard InChI is InChI=1S/C9H7ClIN3O/c10-6-1-2-9(8(11)3-6)14-4-7(5-15)12-13-14/h1-4,15H,5H2. The smallest absolute Gasteiger partial charge is 0.109 e. The van der Waals surface area contributed by atoms with Crippen LogP contribution in [0.2, 0.25) is 5.02 Å². The Morgan fingerprint density at radius 1 is 1.47 bits per heavy atom. The van der Waals surface area contributed by atoms with E-state index in [4.69, 9.17) is 16.7 Å². The number of aliphatic hydroxyl groups excluding tert-OH is 1. The average Bonchev–Trinajstić information content (AvgIpc) is 2.66. The predicted molar refractivity (Wildman–Crippen MR) is 65.0 cm³/mol. The van der Waals surface area contributed by atoms with Crippen LogP contribution < -0.4 is 0 Å². The molecule has 2 aromatic rings. The van der Waals surface area contributed by atoms with Gasteiger partial charge < -0.3 is 5.11 Å². The molecule has 0 atom stereocenters. The highest BCUT2D eigenvalue weighted by Crippen LogP contribution is 2.20. The zero-order valence-corrected chi connectivity index (χ0v) is 10.5. The second kappa shape index (κ2) is 4.46. The maximum absolute atomic E-state index is 8.87. The molecule has 1 aromatic heterocycles. The van der Waals surface area contributed by atoms with Crippen molar-refractivity contribution in [1.29, 1.82) is 0 Å². The van der Waals surface area contributed by atoms with Gasteiger partial charge in [0, 0.05) is 8.59 Å². The molecular formula is C9H7ClIN3O. The van der Waals surface area contributed by atoms with Crippen molar-refractivity contribution in [3.63, 3.8) is 0 Å². The lowest BCUT2D eigenvalue weighted by molar-refractivity contribution is 0.276. The Morgan fingerprint density at radius 2 is 2.27 bits per heavy atom. The molecule has 1 aromatic carbocycles. The molecule has 0 bridgehead atoms. The van der Waals surface area contributed by atoms with Crippen molar-refractivity contribution in [3.8, 4) is 5.69 Å². The fraction of sp³-hybridized carbons (Fsp3) is 0.111. The average molecular weight is 336 g/mol. The van der Waals surface area contributed by atoms with Gasteiger partial charge in [-0.25, -0.2) is 4.68 Å². The van der Waals surface area contributed by atoms with Gasteiger partial charge >= 0.3 is 0 Å². The summed E-state index contributed by atoms with van der Waals surface area (Å²) >= 11 is 8.02. The molecule has 0 aliphatic rings. The molecule has 78 valence electrons. The highest BCUT2D eigenvalue weighted by Gasteiger charge is 2.05. The zero-order chi connectivity index (χ0) is 10.8. The highest BCUT2D eigenvalue weighted by molar-refractivity contribution is 14.1. The van der Waals surface area contributed by atoms with E-state index in [1.54, 1.807) is 16.9 Å². The third kappa shape index (κ3) is 2.30. The Hall–Kier alpha value is -0.660. The van der Waals surface area contributed by atoms with Gasteiger partial charge in [0.15, 0.2) is 0 Å². The molecule has 0 saturated carbocycles. The summed E-state index contributed by atoms with van der Waals surface area (Å²) < 4.78 is 2.60. The van der Waals surface area contributed by atoms with Gasteiger partial charge in [0.05, 0.1) is 18.5 Å². The predicted octanol–water partition coefficient (Wildman–Crippen LogP) is 2.02. The Bertz CT molecular complexity index is 486. The van der Waals surface area contributed by atoms with Crippen LogP contribution >= 0.6 is 34.2 Å². The lowest BCUT2D eigenvalue weighted by Crippen LogP contribution is -1.97. The first-order chi connectivity index (χ1) is 7.20. The Balaban J connectivity index is 2.44. The van der Waals surface area contributed by atoms with Crippen molar-refractivity contribution in [2.45, 2.75) is 6.61 Å². The lowest BCUT2D eigenvalue weighted by Gasteiger charge is -2.03. The molecule has 0 unspecified atom stereocenters. The third-order valence-corrected chi connectivity index (χ3v) is 2.96. The van der Waals surface area contributed by atoms with Crippen molar-refractivity contribution in [2.24, 2.45) is 0 Å². The lowest BCUT2D eigenvalue weighted by atomic mass is 10.3. The van der Waals surface area contributed by atoms with Crippen LogP contribution in [0.1, 0.15) is 5.69 Å². The second-order valence-corrected chi connectivity index (χ2v) is 4.51. The Morgan fingerprint density at radius 3 is 2.87 bits per heavy atom. The van der Waals surface area contributed by atoms with E-state index in [2.05, 4.69) is 32.9 Å². The molecule has 15 heavy (non-hydrogen) atoms. The molecule has 6 heteroatoms. The first-order valence-corrected chi connectivity index (χ1v) is 5.64. The molecule has 0 fully saturated rings. The minimum Gasteiger partial charge on any atom is -0.390 e. The van der Waals surface area contributed by atoms with Crippen molar-refractivity contribution < 1.29 is 5.11 Å². The number of nitrogens with zero attached hydrogens (tertiary/aromatic N) is 3. The van der Waals surface area contributed by atoms with Crippen molar-refractivity contribution in [3.05, 3.63) is 38.7 Å². The van der Waals surface area contributed by atoms with Crippen LogP contribution in [0.3, 0.4) is 0 Å². The van der Waals surface area contributed by atoms with Gasteiger partial charge in [-0.2, -0.15) is 0 Å². The molecule has 0 aliphatic carbocycles. The summed E-state index contributed by atoms with van der Waals surface area (Å²) in [5.74, 6) is 0. The SMILES string of the molecule is OCc1cn(-c2ccc(Cl)cc2I)nn1. The first-order valence-electron chi connectivity index (χ1n) is 4.18. The second-order valence-electron chi connectivity index (χ2n) is 2.91. The molecule has 0 amide bonds. The van der Waals surface area contributed by atoms with Gasteiger partial charge in [-0.1, -0.05) is 16.8 Å². The van der Waals surface area contributed by atoms with Crippen LogP contribution in [-0.2, 0) is 6.61 Å². The molecule has 1 heterocycles. The summed E-state index contributed by atoms with van der Waals surface area (Å²) in [4.78, 5) is 0. The molecule has 2 rings (SSSR count). The number of aliphatic hydroxyl groups is 1. The van der Waals surface area contributed by atoms with Crippen molar-refractivity contribution >= 4 is 34.2 Å². The number of rotatable bonds is 2. The molecule has 0 aliphatic heterocycles. The number of halogens is 2. The number of hydrogen-bond acceptors (Lipinski definition) is 3. The molecule has 0 radical (unpaired) electrons. The van der Waals surface area contributed by atoms with Crippen molar-refractivity contribution in [2.75, 3.05) is 0 Å². The van der Waals surface area contributed by atoms with Crippen LogP contribution in [0.4, 0.5) is 0 Å². The van der Waals surface area contributed by atoms with Crippen LogP contribution in [0.15, 0.2) is 24.4 Å². The molecular weight excluding hydrogens is 328 g/mol. The maximum Gasteiger partial charge on any atom is 0.109 e. The summed E-state index contributed by atoms with van der Waals surface area (Å²) in [5.41, 5.74) is 1.44. The number of hydrogen-bond donors (Lipinski definition) is 1. The summed E-state index contributed by atoms with van der Waals surface area (Å²) in [5, 5.41) is 17.3. The van der Waals surface area contributed by atoms with Crippen LogP contribution in [0, 0.1) is 3.57 Å². The number of benzene rings is 1. The third-order valence-electron chi connectivity index (χ3n) is 1.86. The van der Waals surface area contributed by atoms with Gasteiger partial charge in [0.25, 0.3) is 0 Å². The Kier molecular flexibility index (Phi) is 3.22. The molecule has 0 spiro atoms. The minimum absolute atomic E-state index is 0.107. The van der Waals surface area contributed by atoms with Gasteiger partial charge in [0.1, 0.15) is 5.69 Å². The van der Waals surface area contributed by atoms with Gasteiger partial charge in [0.2, 0.25) is 0 Å². The van der Waals surface area contributed by atoms with E-state index in [0.29, 0.717) is 10.7 Å². The minimum atomic E-state index is -0.107. The summed E-state index contributed by atoms with van der Waals surface area (Å²) in [6, 6.07) is 5.50. The molecule has 1 N–H and O–H groups in total. The van der Waals surface area contributed by atoms with E-state index in [0.717, 1.165) is 9.26 Å². The fourth-order valence-electron chi connectivity index (χ4n) is 1.16. The summed E-state index contributed by atoms with van der Waals surface area (Å²) in [6.07, 6.45) is 1.69. The van der Waals surface area contributed by atoms with E-state index in [9.17, 15) is 0 Å². The van der Waals surface area contributed by atoms with E-state index < -0.39 is 0 Å². The van der Waals surface area contributed by atoms with E-state index in [1.807, 2.05) is 12.1 Å². The van der Waals surface area contributed by atoms with E-state index in [1.165, 1.54) is 0 Å². The first kappa shape index (κ1) is 10.8. The van der Waals surface area contributed by atoms with E-state index >= 15 is 0 Å². The van der Waals surface area contributed by atoms with Crippen molar-refractivity contribution in [1.82, 2.24) is 15.0 Å². The van der Waals surface area contributed by atoms with Gasteiger partial charge in [-0.3, -0.25) is 0 Å². The zero-order valence-electron chi connectivity index (χ0n) is 7.56. The monoisotopic (exact) mass is 335 g/mol. The van der Waals surface area contributed by atoms with E-state index in [-0.39, 0.29) is 6.61 Å². The molecule has 4 nitrogen and oxygen atoms in total. The van der Waals surface area contributed by atoms with Crippen LogP contribution in [-0.4, -0.2) is 20.1 Å². The Labute approximate surface area is 105 Å². The quantitative estimate of drug-likeness (QED) is 0.854. The normalized spacial score (nSPS) is 10.6. The summed E-state index contributed by atoms with van der Waals surface area (Å²) in [7, 11) is 0. The maximum atomic E-state index is 8.87. The summed E-state index contributed by atoms with van der Waals surface area (Å²) in [6.45, 7) is -0.107. The largest absolute Gasteiger partial charge is 0.390 e. The fourth-order valence-corrected chi connectivity index (χ4v) is 2.27. The number of aromatic nitrogens is 3. The van der Waals surface area contributed by atoms with Crippen LogP contribution in [0.5, 0.6) is 0 Å². The van der Waals surface area contributed by atoms with Crippen LogP contribution in [0.25, 0.3) is 5.69 Å². The topological polar surface area (TPSA) is 50.9 Å². The molecule has 0 saturated heterocycles.